The van der Waals surface area contributed by atoms with Crippen molar-refractivity contribution in [1.29, 1.82) is 0 Å². The molecule has 1 saturated heterocycles. The lowest BCUT2D eigenvalue weighted by Gasteiger charge is -2.32. The van der Waals surface area contributed by atoms with Gasteiger partial charge in [0.15, 0.2) is 5.65 Å². The number of amides is 1. The SMILES string of the molecule is CNc1cc(-c2cnc3n(C)cccc2-3)nc2c(C(=O)N[C@H]3CC[C@H]3O)cnn12.OC1CCOC1. The first-order valence-electron chi connectivity index (χ1n) is 11.7. The summed E-state index contributed by atoms with van der Waals surface area (Å²) in [6.07, 6.45) is 6.89. The topological polar surface area (TPSA) is 139 Å². The van der Waals surface area contributed by atoms with E-state index in [9.17, 15) is 9.90 Å². The van der Waals surface area contributed by atoms with Crippen LogP contribution >= 0.6 is 0 Å². The summed E-state index contributed by atoms with van der Waals surface area (Å²) in [5, 5.41) is 28.7. The zero-order valence-electron chi connectivity index (χ0n) is 19.7. The fourth-order valence-electron chi connectivity index (χ4n) is 4.23. The van der Waals surface area contributed by atoms with Crippen LogP contribution in [0.15, 0.2) is 36.8 Å². The minimum Gasteiger partial charge on any atom is -0.391 e. The maximum Gasteiger partial charge on any atom is 0.257 e. The molecule has 1 unspecified atom stereocenters. The highest BCUT2D eigenvalue weighted by molar-refractivity contribution is 6.00. The van der Waals surface area contributed by atoms with Gasteiger partial charge in [0, 0.05) is 50.3 Å². The third kappa shape index (κ3) is 4.45. The molecule has 2 aromatic heterocycles. The fraction of sp³-hybridized carbons (Fsp3) is 0.417. The summed E-state index contributed by atoms with van der Waals surface area (Å²) in [5.41, 5.74) is 3.40. The van der Waals surface area contributed by atoms with E-state index in [1.165, 1.54) is 6.20 Å². The number of nitrogens with zero attached hydrogens (tertiary/aromatic N) is 5. The van der Waals surface area contributed by atoms with Crippen LogP contribution in [0, 0.1) is 0 Å². The lowest BCUT2D eigenvalue weighted by atomic mass is 9.89. The van der Waals surface area contributed by atoms with E-state index in [4.69, 9.17) is 14.8 Å². The molecule has 4 N–H and O–H groups in total. The first-order valence-corrected chi connectivity index (χ1v) is 11.7. The average molecular weight is 480 g/mol. The largest absolute Gasteiger partial charge is 0.391 e. The molecule has 2 aromatic rings. The van der Waals surface area contributed by atoms with Crippen molar-refractivity contribution in [3.63, 3.8) is 0 Å². The predicted molar refractivity (Wildman–Crippen MR) is 129 cm³/mol. The van der Waals surface area contributed by atoms with Gasteiger partial charge in [-0.25, -0.2) is 9.97 Å². The summed E-state index contributed by atoms with van der Waals surface area (Å²) in [4.78, 5) is 22.0. The van der Waals surface area contributed by atoms with Gasteiger partial charge < -0.3 is 30.2 Å². The monoisotopic (exact) mass is 479 g/mol. The van der Waals surface area contributed by atoms with Crippen LogP contribution in [0.5, 0.6) is 0 Å². The Kier molecular flexibility index (Phi) is 6.37. The smallest absolute Gasteiger partial charge is 0.257 e. The molecule has 0 aromatic carbocycles. The molecular formula is C24H29N7O4. The van der Waals surface area contributed by atoms with Gasteiger partial charge in [-0.1, -0.05) is 0 Å². The molecule has 11 heteroatoms. The Hall–Kier alpha value is -3.54. The minimum atomic E-state index is -0.486. The van der Waals surface area contributed by atoms with Gasteiger partial charge in [0.2, 0.25) is 0 Å². The average Bonchev–Trinajstić information content (AvgIpc) is 3.61. The highest BCUT2D eigenvalue weighted by Crippen LogP contribution is 2.33. The molecule has 4 aliphatic rings. The summed E-state index contributed by atoms with van der Waals surface area (Å²) >= 11 is 0. The summed E-state index contributed by atoms with van der Waals surface area (Å²) in [7, 11) is 3.75. The molecule has 1 amide bonds. The van der Waals surface area contributed by atoms with Crippen LogP contribution in [0.1, 0.15) is 29.6 Å². The third-order valence-corrected chi connectivity index (χ3v) is 6.46. The Bertz CT molecular complexity index is 1310. The normalized spacial score (nSPS) is 21.4. The molecule has 5 heterocycles. The number of aryl methyl sites for hydroxylation is 1. The molecule has 6 rings (SSSR count). The maximum atomic E-state index is 12.8. The summed E-state index contributed by atoms with van der Waals surface area (Å²) < 4.78 is 8.37. The Morgan fingerprint density at radius 2 is 2.06 bits per heavy atom. The van der Waals surface area contributed by atoms with Gasteiger partial charge in [-0.15, -0.1) is 0 Å². The number of pyridine rings is 1. The molecule has 1 saturated carbocycles. The number of aliphatic hydroxyl groups excluding tert-OH is 2. The van der Waals surface area contributed by atoms with E-state index in [0.717, 1.165) is 36.4 Å². The number of rotatable bonds is 4. The fourth-order valence-corrected chi connectivity index (χ4v) is 4.23. The number of carbonyl (C=O) groups excluding carboxylic acids is 1. The number of anilines is 1. The molecule has 184 valence electrons. The molecule has 3 aliphatic heterocycles. The van der Waals surface area contributed by atoms with E-state index in [1.807, 2.05) is 36.0 Å². The third-order valence-electron chi connectivity index (χ3n) is 6.46. The molecule has 11 nitrogen and oxygen atoms in total. The van der Waals surface area contributed by atoms with Crippen molar-refractivity contribution in [2.24, 2.45) is 7.05 Å². The van der Waals surface area contributed by atoms with E-state index < -0.39 is 6.10 Å². The molecule has 2 fully saturated rings. The zero-order valence-corrected chi connectivity index (χ0v) is 19.7. The Labute approximate surface area is 202 Å². The van der Waals surface area contributed by atoms with E-state index in [2.05, 4.69) is 20.7 Å². The van der Waals surface area contributed by atoms with Crippen LogP contribution in [-0.2, 0) is 11.8 Å². The Morgan fingerprint density at radius 1 is 1.20 bits per heavy atom. The number of aromatic nitrogens is 5. The molecule has 3 atom stereocenters. The lowest BCUT2D eigenvalue weighted by molar-refractivity contribution is 0.0448. The molecule has 0 spiro atoms. The highest BCUT2D eigenvalue weighted by Gasteiger charge is 2.31. The van der Waals surface area contributed by atoms with Crippen molar-refractivity contribution in [2.75, 3.05) is 25.6 Å². The van der Waals surface area contributed by atoms with Crippen molar-refractivity contribution in [2.45, 2.75) is 37.5 Å². The minimum absolute atomic E-state index is 0.176. The Morgan fingerprint density at radius 3 is 2.69 bits per heavy atom. The number of carbonyl (C=O) groups is 1. The van der Waals surface area contributed by atoms with Crippen molar-refractivity contribution in [3.05, 3.63) is 42.4 Å². The number of nitrogens with one attached hydrogen (secondary N) is 2. The molecule has 35 heavy (non-hydrogen) atoms. The van der Waals surface area contributed by atoms with E-state index >= 15 is 0 Å². The van der Waals surface area contributed by atoms with Gasteiger partial charge in [0.25, 0.3) is 5.91 Å². The number of hydrogen-bond acceptors (Lipinski definition) is 8. The van der Waals surface area contributed by atoms with Crippen molar-refractivity contribution in [3.8, 4) is 22.6 Å². The van der Waals surface area contributed by atoms with Crippen molar-refractivity contribution >= 4 is 17.4 Å². The maximum absolute atomic E-state index is 12.8. The zero-order chi connectivity index (χ0) is 24.5. The van der Waals surface area contributed by atoms with Gasteiger partial charge in [-0.05, 0) is 31.4 Å². The first kappa shape index (κ1) is 23.2. The van der Waals surface area contributed by atoms with E-state index in [0.29, 0.717) is 35.8 Å². The van der Waals surface area contributed by atoms with E-state index in [-0.39, 0.29) is 18.1 Å². The second kappa shape index (κ2) is 9.61. The van der Waals surface area contributed by atoms with Gasteiger partial charge in [0.05, 0.1) is 36.7 Å². The van der Waals surface area contributed by atoms with Crippen LogP contribution in [0.25, 0.3) is 28.3 Å². The van der Waals surface area contributed by atoms with Crippen molar-refractivity contribution in [1.82, 2.24) is 29.5 Å². The van der Waals surface area contributed by atoms with Crippen LogP contribution in [0.2, 0.25) is 0 Å². The quantitative estimate of drug-likeness (QED) is 0.344. The number of ether oxygens (including phenoxy) is 1. The second-order valence-electron chi connectivity index (χ2n) is 8.84. The molecular weight excluding hydrogens is 450 g/mol. The first-order chi connectivity index (χ1) is 17.0. The van der Waals surface area contributed by atoms with Crippen LogP contribution in [-0.4, -0.2) is 78.8 Å². The highest BCUT2D eigenvalue weighted by atomic mass is 16.5. The molecule has 0 bridgehead atoms. The van der Waals surface area contributed by atoms with E-state index in [1.54, 1.807) is 17.8 Å². The predicted octanol–water partition coefficient (Wildman–Crippen LogP) is 1.30. The second-order valence-corrected chi connectivity index (χ2v) is 8.84. The van der Waals surface area contributed by atoms with Crippen LogP contribution in [0.4, 0.5) is 5.82 Å². The van der Waals surface area contributed by atoms with Gasteiger partial charge in [-0.2, -0.15) is 9.61 Å². The summed E-state index contributed by atoms with van der Waals surface area (Å²) in [6.45, 7) is 1.28. The van der Waals surface area contributed by atoms with Gasteiger partial charge in [-0.3, -0.25) is 4.79 Å². The number of fused-ring (bicyclic) bond motifs is 2. The van der Waals surface area contributed by atoms with Crippen molar-refractivity contribution < 1.29 is 19.7 Å². The summed E-state index contributed by atoms with van der Waals surface area (Å²) in [6, 6.07) is 5.64. The van der Waals surface area contributed by atoms with Crippen LogP contribution in [0.3, 0.4) is 0 Å². The Balaban J connectivity index is 0.000000371. The standard InChI is InChI=1S/C20H21N7O2.C4H8O2/c1-21-17-8-15(12-9-22-18-11(12)4-3-7-26(18)2)24-19-13(10-23-27(17)19)20(29)25-14-5-6-16(14)28;5-4-1-2-6-3-4/h3-4,7-10,14,16,21,28H,5-6H2,1-2H3,(H,25,29);4-5H,1-3H2/t14-,16+;/m0./s1. The summed E-state index contributed by atoms with van der Waals surface area (Å²) in [5.74, 6) is 1.29. The van der Waals surface area contributed by atoms with Crippen LogP contribution < -0.4 is 10.6 Å². The lowest BCUT2D eigenvalue weighted by Crippen LogP contribution is -2.50. The molecule has 1 aliphatic carbocycles. The number of aliphatic hydroxyl groups is 2. The molecule has 0 radical (unpaired) electrons. The number of hydrogen-bond donors (Lipinski definition) is 4. The van der Waals surface area contributed by atoms with Gasteiger partial charge in [0.1, 0.15) is 17.2 Å². The van der Waals surface area contributed by atoms with Gasteiger partial charge >= 0.3 is 0 Å².